The molecular weight excluding hydrogens is 534 g/mol. The Kier molecular flexibility index (Phi) is 6.93. The van der Waals surface area contributed by atoms with Crippen molar-refractivity contribution in [3.8, 4) is 17.0 Å². The van der Waals surface area contributed by atoms with Gasteiger partial charge in [0.2, 0.25) is 0 Å². The van der Waals surface area contributed by atoms with Gasteiger partial charge in [0.05, 0.1) is 41.3 Å². The number of esters is 1. The van der Waals surface area contributed by atoms with Crippen LogP contribution in [0.15, 0.2) is 93.9 Å². The number of carbonyl (C=O) groups is 1. The summed E-state index contributed by atoms with van der Waals surface area (Å²) in [6, 6.07) is 23.0. The van der Waals surface area contributed by atoms with Crippen molar-refractivity contribution in [2.45, 2.75) is 26.8 Å². The van der Waals surface area contributed by atoms with Gasteiger partial charge in [0.25, 0.3) is 5.56 Å². The summed E-state index contributed by atoms with van der Waals surface area (Å²) in [4.78, 5) is 36.2. The topological polar surface area (TPSA) is 85.7 Å². The Balaban J connectivity index is 1.62. The highest BCUT2D eigenvalue weighted by Crippen LogP contribution is 2.33. The zero-order chi connectivity index (χ0) is 28.7. The summed E-state index contributed by atoms with van der Waals surface area (Å²) in [7, 11) is 1.59. The van der Waals surface area contributed by atoms with Crippen LogP contribution in [0, 0.1) is 6.92 Å². The molecule has 0 saturated carbocycles. The molecule has 8 heteroatoms. The van der Waals surface area contributed by atoms with Crippen LogP contribution in [0.25, 0.3) is 28.2 Å². The number of hydrogen-bond donors (Lipinski definition) is 1. The number of aryl methyl sites for hydroxylation is 1. The van der Waals surface area contributed by atoms with Crippen LogP contribution in [-0.2, 0) is 9.53 Å². The minimum absolute atomic E-state index is 0.215. The van der Waals surface area contributed by atoms with Gasteiger partial charge in [-0.15, -0.1) is 0 Å². The number of aromatic nitrogens is 2. The smallest absolute Gasteiger partial charge is 0.338 e. The van der Waals surface area contributed by atoms with Gasteiger partial charge in [-0.2, -0.15) is 0 Å². The summed E-state index contributed by atoms with van der Waals surface area (Å²) in [6.45, 7) is 5.82. The number of benzene rings is 3. The predicted octanol–water partition coefficient (Wildman–Crippen LogP) is 5.26. The number of methoxy groups -OCH3 is 1. The Morgan fingerprint density at radius 3 is 2.63 bits per heavy atom. The molecule has 6 rings (SSSR count). The Bertz CT molecular complexity index is 2010. The van der Waals surface area contributed by atoms with E-state index >= 15 is 0 Å². The zero-order valence-corrected chi connectivity index (χ0v) is 24.0. The minimum Gasteiger partial charge on any atom is -0.497 e. The molecule has 41 heavy (non-hydrogen) atoms. The van der Waals surface area contributed by atoms with E-state index in [9.17, 15) is 9.59 Å². The minimum atomic E-state index is -0.707. The standard InChI is InChI=1S/C33H29N3O4S/c1-5-40-32(38)28-20(3)34-33-36(30(28)22-12-9-13-23(17-22)39-4)31(37)27(41-33)18-25-24-16-19(2)14-15-26(24)35-29(25)21-10-7-6-8-11-21/h6-18,30,35H,5H2,1-4H3/b27-18+/t30-/m1/s1. The fourth-order valence-electron chi connectivity index (χ4n) is 5.36. The number of nitrogens with one attached hydrogen (secondary N) is 1. The Hall–Kier alpha value is -4.69. The molecule has 1 aliphatic rings. The monoisotopic (exact) mass is 563 g/mol. The average molecular weight is 564 g/mol. The van der Waals surface area contributed by atoms with E-state index in [0.717, 1.165) is 38.9 Å². The van der Waals surface area contributed by atoms with E-state index in [1.54, 1.807) is 25.5 Å². The predicted molar refractivity (Wildman–Crippen MR) is 162 cm³/mol. The number of thiazole rings is 1. The molecule has 0 unspecified atom stereocenters. The van der Waals surface area contributed by atoms with Gasteiger partial charge in [0.1, 0.15) is 5.75 Å². The normalized spacial score (nSPS) is 15.1. The Labute approximate surface area is 240 Å². The zero-order valence-electron chi connectivity index (χ0n) is 23.2. The van der Waals surface area contributed by atoms with Crippen molar-refractivity contribution in [2.24, 2.45) is 4.99 Å². The first-order valence-electron chi connectivity index (χ1n) is 13.4. The molecule has 206 valence electrons. The van der Waals surface area contributed by atoms with Crippen LogP contribution in [0.3, 0.4) is 0 Å². The highest BCUT2D eigenvalue weighted by Gasteiger charge is 2.33. The second-order valence-electron chi connectivity index (χ2n) is 9.91. The molecule has 1 atom stereocenters. The van der Waals surface area contributed by atoms with Crippen LogP contribution in [0.4, 0.5) is 0 Å². The molecule has 0 saturated heterocycles. The van der Waals surface area contributed by atoms with Crippen molar-refractivity contribution < 1.29 is 14.3 Å². The maximum absolute atomic E-state index is 14.2. The lowest BCUT2D eigenvalue weighted by atomic mass is 9.95. The number of nitrogens with zero attached hydrogens (tertiary/aromatic N) is 2. The molecular formula is C33H29N3O4S. The second kappa shape index (κ2) is 10.7. The number of carbonyl (C=O) groups excluding carboxylic acids is 1. The molecule has 1 N–H and O–H groups in total. The molecule has 0 radical (unpaired) electrons. The molecule has 0 bridgehead atoms. The van der Waals surface area contributed by atoms with Crippen LogP contribution in [0.5, 0.6) is 5.75 Å². The third-order valence-corrected chi connectivity index (χ3v) is 8.24. The summed E-state index contributed by atoms with van der Waals surface area (Å²) >= 11 is 1.31. The molecule has 2 aromatic heterocycles. The van der Waals surface area contributed by atoms with Gasteiger partial charge in [-0.1, -0.05) is 65.4 Å². The first-order chi connectivity index (χ1) is 19.9. The lowest BCUT2D eigenvalue weighted by Crippen LogP contribution is -2.39. The maximum atomic E-state index is 14.2. The maximum Gasteiger partial charge on any atom is 0.338 e. The van der Waals surface area contributed by atoms with Crippen molar-refractivity contribution in [1.29, 1.82) is 0 Å². The number of hydrogen-bond acceptors (Lipinski definition) is 6. The van der Waals surface area contributed by atoms with Crippen LogP contribution >= 0.6 is 11.3 Å². The second-order valence-corrected chi connectivity index (χ2v) is 10.9. The third-order valence-electron chi connectivity index (χ3n) is 7.26. The van der Waals surface area contributed by atoms with E-state index in [1.807, 2.05) is 60.7 Å². The summed E-state index contributed by atoms with van der Waals surface area (Å²) in [5.41, 5.74) is 6.38. The van der Waals surface area contributed by atoms with E-state index in [0.29, 0.717) is 26.4 Å². The lowest BCUT2D eigenvalue weighted by Gasteiger charge is -2.25. The largest absolute Gasteiger partial charge is 0.497 e. The number of allylic oxidation sites excluding steroid dienone is 1. The van der Waals surface area contributed by atoms with Crippen molar-refractivity contribution in [3.05, 3.63) is 120 Å². The highest BCUT2D eigenvalue weighted by molar-refractivity contribution is 7.07. The van der Waals surface area contributed by atoms with Crippen molar-refractivity contribution in [2.75, 3.05) is 13.7 Å². The summed E-state index contributed by atoms with van der Waals surface area (Å²) in [6.07, 6.45) is 1.94. The van der Waals surface area contributed by atoms with Crippen LogP contribution < -0.4 is 19.6 Å². The quantitative estimate of drug-likeness (QED) is 0.286. The van der Waals surface area contributed by atoms with Gasteiger partial charge < -0.3 is 14.5 Å². The Morgan fingerprint density at radius 2 is 1.88 bits per heavy atom. The molecule has 7 nitrogen and oxygen atoms in total. The fourth-order valence-corrected chi connectivity index (χ4v) is 6.39. The van der Waals surface area contributed by atoms with Crippen LogP contribution in [-0.4, -0.2) is 29.2 Å². The van der Waals surface area contributed by atoms with E-state index in [4.69, 9.17) is 14.5 Å². The van der Waals surface area contributed by atoms with Gasteiger partial charge in [-0.25, -0.2) is 9.79 Å². The van der Waals surface area contributed by atoms with Crippen molar-refractivity contribution in [1.82, 2.24) is 9.55 Å². The average Bonchev–Trinajstić information content (AvgIpc) is 3.49. The number of H-pyrrole nitrogens is 1. The fraction of sp³-hybridized carbons (Fsp3) is 0.182. The van der Waals surface area contributed by atoms with Crippen LogP contribution in [0.1, 0.15) is 36.6 Å². The third kappa shape index (κ3) is 4.70. The van der Waals surface area contributed by atoms with Gasteiger partial charge in [-0.3, -0.25) is 9.36 Å². The van der Waals surface area contributed by atoms with Gasteiger partial charge >= 0.3 is 5.97 Å². The molecule has 3 aromatic carbocycles. The van der Waals surface area contributed by atoms with E-state index in [2.05, 4.69) is 30.1 Å². The summed E-state index contributed by atoms with van der Waals surface area (Å²) in [5, 5.41) is 1.03. The lowest BCUT2D eigenvalue weighted by molar-refractivity contribution is -0.139. The number of ether oxygens (including phenoxy) is 2. The number of fused-ring (bicyclic) bond motifs is 2. The summed E-state index contributed by atoms with van der Waals surface area (Å²) < 4.78 is 13.0. The molecule has 0 spiro atoms. The molecule has 3 heterocycles. The molecule has 1 aliphatic heterocycles. The SMILES string of the molecule is CCOC(=O)C1=C(C)N=c2s/c(=C/c3c(-c4ccccc4)[nH]c4ccc(C)cc34)c(=O)n2[C@@H]1c1cccc(OC)c1. The number of rotatable bonds is 6. The molecule has 0 amide bonds. The van der Waals surface area contributed by atoms with Gasteiger partial charge in [0, 0.05) is 16.5 Å². The summed E-state index contributed by atoms with van der Waals surface area (Å²) in [5.74, 6) is 0.137. The van der Waals surface area contributed by atoms with E-state index in [1.165, 1.54) is 11.3 Å². The first kappa shape index (κ1) is 26.5. The van der Waals surface area contributed by atoms with Crippen LogP contribution in [0.2, 0.25) is 0 Å². The Morgan fingerprint density at radius 1 is 1.07 bits per heavy atom. The molecule has 0 fully saturated rings. The van der Waals surface area contributed by atoms with Crippen molar-refractivity contribution >= 4 is 34.3 Å². The molecule has 5 aromatic rings. The van der Waals surface area contributed by atoms with Crippen molar-refractivity contribution in [3.63, 3.8) is 0 Å². The highest BCUT2D eigenvalue weighted by atomic mass is 32.1. The van der Waals surface area contributed by atoms with Gasteiger partial charge in [-0.05, 0) is 62.2 Å². The van der Waals surface area contributed by atoms with Gasteiger partial charge in [0.15, 0.2) is 4.80 Å². The molecule has 0 aliphatic carbocycles. The number of aromatic amines is 1. The van der Waals surface area contributed by atoms with E-state index < -0.39 is 12.0 Å². The first-order valence-corrected chi connectivity index (χ1v) is 14.2. The van der Waals surface area contributed by atoms with E-state index in [-0.39, 0.29) is 12.2 Å².